The molecule has 104 valence electrons. The molecular weight excluding hydrogens is 272 g/mol. The second-order valence-corrected chi connectivity index (χ2v) is 6.55. The predicted octanol–water partition coefficient (Wildman–Crippen LogP) is 2.00. The number of nitrogens with one attached hydrogen (secondary N) is 1. The lowest BCUT2D eigenvalue weighted by molar-refractivity contribution is 0.446. The predicted molar refractivity (Wildman–Crippen MR) is 79.2 cm³/mol. The number of benzene rings is 2. The molecule has 0 spiro atoms. The molecular formula is C15H16N2O2S. The largest absolute Gasteiger partial charge is 0.279 e. The van der Waals surface area contributed by atoms with E-state index in [0.29, 0.717) is 19.6 Å². The van der Waals surface area contributed by atoms with Gasteiger partial charge in [0.2, 0.25) is 0 Å². The highest BCUT2D eigenvalue weighted by molar-refractivity contribution is 7.87. The van der Waals surface area contributed by atoms with Crippen LogP contribution in [-0.4, -0.2) is 25.8 Å². The molecule has 1 fully saturated rings. The lowest BCUT2D eigenvalue weighted by atomic mass is 10.0. The van der Waals surface area contributed by atoms with Crippen molar-refractivity contribution in [1.29, 1.82) is 0 Å². The number of rotatable bonds is 3. The van der Waals surface area contributed by atoms with Gasteiger partial charge in [-0.05, 0) is 16.7 Å². The summed E-state index contributed by atoms with van der Waals surface area (Å²) in [6.07, 6.45) is 0. The van der Waals surface area contributed by atoms with Crippen LogP contribution in [0.2, 0.25) is 0 Å². The Bertz CT molecular complexity index is 682. The van der Waals surface area contributed by atoms with Gasteiger partial charge in [0.05, 0.1) is 0 Å². The van der Waals surface area contributed by atoms with Crippen LogP contribution in [0.25, 0.3) is 11.1 Å². The molecule has 0 amide bonds. The Morgan fingerprint density at radius 2 is 1.60 bits per heavy atom. The molecule has 20 heavy (non-hydrogen) atoms. The number of nitrogens with zero attached hydrogens (tertiary/aromatic N) is 1. The lowest BCUT2D eigenvalue weighted by Crippen LogP contribution is -2.28. The summed E-state index contributed by atoms with van der Waals surface area (Å²) >= 11 is 0. The van der Waals surface area contributed by atoms with Crippen LogP contribution in [0.1, 0.15) is 5.56 Å². The smallest absolute Gasteiger partial charge is 0.201 e. The second kappa shape index (κ2) is 5.36. The quantitative estimate of drug-likeness (QED) is 0.939. The van der Waals surface area contributed by atoms with Gasteiger partial charge in [-0.2, -0.15) is 12.7 Å². The van der Waals surface area contributed by atoms with Gasteiger partial charge in [0.25, 0.3) is 10.2 Å². The Balaban J connectivity index is 1.77. The highest BCUT2D eigenvalue weighted by Crippen LogP contribution is 2.20. The third kappa shape index (κ3) is 2.75. The van der Waals surface area contributed by atoms with E-state index in [1.54, 1.807) is 0 Å². The van der Waals surface area contributed by atoms with Crippen LogP contribution in [0.3, 0.4) is 0 Å². The van der Waals surface area contributed by atoms with Crippen molar-refractivity contribution in [3.05, 3.63) is 60.2 Å². The molecule has 0 aliphatic carbocycles. The first-order valence-corrected chi connectivity index (χ1v) is 7.98. The van der Waals surface area contributed by atoms with Gasteiger partial charge >= 0.3 is 0 Å². The average Bonchev–Trinajstić information content (AvgIpc) is 2.80. The summed E-state index contributed by atoms with van der Waals surface area (Å²) in [5.41, 5.74) is 3.29. The molecule has 0 radical (unpaired) electrons. The van der Waals surface area contributed by atoms with E-state index in [2.05, 4.69) is 16.9 Å². The number of hydrogen-bond acceptors (Lipinski definition) is 2. The molecule has 0 bridgehead atoms. The maximum atomic E-state index is 11.7. The zero-order valence-corrected chi connectivity index (χ0v) is 11.8. The molecule has 2 aromatic carbocycles. The van der Waals surface area contributed by atoms with E-state index >= 15 is 0 Å². The van der Waals surface area contributed by atoms with E-state index in [1.807, 2.05) is 42.5 Å². The minimum Gasteiger partial charge on any atom is -0.201 e. The van der Waals surface area contributed by atoms with Gasteiger partial charge in [-0.1, -0.05) is 54.6 Å². The summed E-state index contributed by atoms with van der Waals surface area (Å²) in [6.45, 7) is 1.44. The van der Waals surface area contributed by atoms with Crippen molar-refractivity contribution in [2.75, 3.05) is 13.1 Å². The van der Waals surface area contributed by atoms with E-state index in [0.717, 1.165) is 16.7 Å². The van der Waals surface area contributed by atoms with Crippen LogP contribution in [0, 0.1) is 0 Å². The van der Waals surface area contributed by atoms with Crippen LogP contribution in [0.4, 0.5) is 0 Å². The van der Waals surface area contributed by atoms with Crippen LogP contribution in [0.15, 0.2) is 54.6 Å². The van der Waals surface area contributed by atoms with Crippen molar-refractivity contribution in [3.8, 4) is 11.1 Å². The van der Waals surface area contributed by atoms with Crippen LogP contribution >= 0.6 is 0 Å². The van der Waals surface area contributed by atoms with Crippen molar-refractivity contribution in [2.45, 2.75) is 6.54 Å². The second-order valence-electron chi connectivity index (χ2n) is 4.80. The maximum Gasteiger partial charge on any atom is 0.279 e. The maximum absolute atomic E-state index is 11.7. The number of hydrogen-bond donors (Lipinski definition) is 1. The van der Waals surface area contributed by atoms with E-state index in [1.165, 1.54) is 4.31 Å². The standard InChI is InChI=1S/C15H16N2O2S/c18-20(19)16-10-11-17(20)12-13-6-8-15(9-7-13)14-4-2-1-3-5-14/h1-9,16H,10-12H2. The Kier molecular flexibility index (Phi) is 3.56. The molecule has 5 heteroatoms. The summed E-state index contributed by atoms with van der Waals surface area (Å²) in [5.74, 6) is 0. The topological polar surface area (TPSA) is 49.4 Å². The van der Waals surface area contributed by atoms with E-state index in [4.69, 9.17) is 0 Å². The molecule has 1 aliphatic heterocycles. The fraction of sp³-hybridized carbons (Fsp3) is 0.200. The molecule has 1 N–H and O–H groups in total. The molecule has 3 rings (SSSR count). The first kappa shape index (κ1) is 13.3. The van der Waals surface area contributed by atoms with Crippen molar-refractivity contribution < 1.29 is 8.42 Å². The molecule has 0 atom stereocenters. The highest BCUT2D eigenvalue weighted by Gasteiger charge is 2.27. The molecule has 1 heterocycles. The summed E-state index contributed by atoms with van der Waals surface area (Å²) in [5, 5.41) is 0. The Morgan fingerprint density at radius 1 is 0.950 bits per heavy atom. The highest BCUT2D eigenvalue weighted by atomic mass is 32.2. The molecule has 0 saturated carbocycles. The fourth-order valence-corrected chi connectivity index (χ4v) is 3.49. The van der Waals surface area contributed by atoms with Crippen molar-refractivity contribution in [2.24, 2.45) is 0 Å². The van der Waals surface area contributed by atoms with Crippen LogP contribution < -0.4 is 4.72 Å². The Hall–Kier alpha value is -1.69. The van der Waals surface area contributed by atoms with E-state index in [9.17, 15) is 8.42 Å². The zero-order chi connectivity index (χ0) is 14.0. The normalized spacial score (nSPS) is 18.2. The van der Waals surface area contributed by atoms with E-state index in [-0.39, 0.29) is 0 Å². The van der Waals surface area contributed by atoms with Crippen LogP contribution in [-0.2, 0) is 16.8 Å². The van der Waals surface area contributed by atoms with Gasteiger partial charge in [-0.25, -0.2) is 4.72 Å². The third-order valence-corrected chi connectivity index (χ3v) is 4.97. The average molecular weight is 288 g/mol. The third-order valence-electron chi connectivity index (χ3n) is 3.41. The lowest BCUT2D eigenvalue weighted by Gasteiger charge is -2.13. The molecule has 1 saturated heterocycles. The minimum atomic E-state index is -3.26. The van der Waals surface area contributed by atoms with Gasteiger partial charge in [0.15, 0.2) is 0 Å². The van der Waals surface area contributed by atoms with Gasteiger partial charge in [0, 0.05) is 19.6 Å². The zero-order valence-electron chi connectivity index (χ0n) is 11.0. The van der Waals surface area contributed by atoms with Crippen molar-refractivity contribution in [1.82, 2.24) is 9.03 Å². The van der Waals surface area contributed by atoms with E-state index < -0.39 is 10.2 Å². The Morgan fingerprint density at radius 3 is 2.20 bits per heavy atom. The monoisotopic (exact) mass is 288 g/mol. The van der Waals surface area contributed by atoms with Gasteiger partial charge in [0.1, 0.15) is 0 Å². The summed E-state index contributed by atoms with van der Waals surface area (Å²) < 4.78 is 27.3. The molecule has 2 aromatic rings. The van der Waals surface area contributed by atoms with Gasteiger partial charge < -0.3 is 0 Å². The SMILES string of the molecule is O=S1(=O)NCCN1Cc1ccc(-c2ccccc2)cc1. The van der Waals surface area contributed by atoms with Crippen LogP contribution in [0.5, 0.6) is 0 Å². The molecule has 1 aliphatic rings. The minimum absolute atomic E-state index is 0.421. The first-order valence-electron chi connectivity index (χ1n) is 6.54. The fourth-order valence-electron chi connectivity index (χ4n) is 2.31. The Labute approximate surface area is 119 Å². The van der Waals surface area contributed by atoms with Gasteiger partial charge in [-0.15, -0.1) is 0 Å². The van der Waals surface area contributed by atoms with Gasteiger partial charge in [-0.3, -0.25) is 0 Å². The van der Waals surface area contributed by atoms with Crippen molar-refractivity contribution >= 4 is 10.2 Å². The summed E-state index contributed by atoms with van der Waals surface area (Å²) in [7, 11) is -3.26. The summed E-state index contributed by atoms with van der Waals surface area (Å²) in [4.78, 5) is 0. The molecule has 0 aromatic heterocycles. The molecule has 0 unspecified atom stereocenters. The molecule has 4 nitrogen and oxygen atoms in total. The van der Waals surface area contributed by atoms with Crippen molar-refractivity contribution in [3.63, 3.8) is 0 Å². The first-order chi connectivity index (χ1) is 9.65. The summed E-state index contributed by atoms with van der Waals surface area (Å²) in [6, 6.07) is 18.1.